The van der Waals surface area contributed by atoms with Crippen LogP contribution in [-0.2, 0) is 0 Å². The van der Waals surface area contributed by atoms with Crippen LogP contribution in [0.4, 0.5) is 4.39 Å². The molecule has 18 heavy (non-hydrogen) atoms. The third-order valence-corrected chi connectivity index (χ3v) is 3.75. The Morgan fingerprint density at radius 3 is 2.56 bits per heavy atom. The Morgan fingerprint density at radius 2 is 1.83 bits per heavy atom. The number of nitrogens with zero attached hydrogens (tertiary/aromatic N) is 3. The van der Waals surface area contributed by atoms with E-state index in [9.17, 15) is 4.39 Å². The van der Waals surface area contributed by atoms with Crippen LogP contribution in [0.1, 0.15) is 5.82 Å². The van der Waals surface area contributed by atoms with E-state index in [0.717, 1.165) is 15.4 Å². The number of hydrogen-bond donors (Lipinski definition) is 1. The summed E-state index contributed by atoms with van der Waals surface area (Å²) >= 11 is 5.75. The molecule has 0 atom stereocenters. The van der Waals surface area contributed by atoms with E-state index in [2.05, 4.69) is 27.6 Å². The quantitative estimate of drug-likeness (QED) is 0.546. The summed E-state index contributed by atoms with van der Waals surface area (Å²) in [6, 6.07) is 6.23. The molecule has 6 heteroatoms. The normalized spacial score (nSPS) is 11.1. The van der Waals surface area contributed by atoms with Gasteiger partial charge >= 0.3 is 0 Å². The van der Waals surface area contributed by atoms with Crippen LogP contribution in [0.2, 0.25) is 0 Å². The lowest BCUT2D eigenvalue weighted by molar-refractivity contribution is 0.628. The van der Waals surface area contributed by atoms with E-state index in [4.69, 9.17) is 0 Å². The van der Waals surface area contributed by atoms with Crippen LogP contribution in [0.15, 0.2) is 29.3 Å². The van der Waals surface area contributed by atoms with Gasteiger partial charge in [0.2, 0.25) is 0 Å². The van der Waals surface area contributed by atoms with Gasteiger partial charge < -0.3 is 0 Å². The van der Waals surface area contributed by atoms with E-state index in [1.54, 1.807) is 12.1 Å². The number of benzene rings is 1. The molecule has 0 unspecified atom stereocenters. The Labute approximate surface area is 112 Å². The average Bonchev–Trinajstić information content (AvgIpc) is 2.74. The fourth-order valence-corrected chi connectivity index (χ4v) is 2.99. The van der Waals surface area contributed by atoms with Crippen LogP contribution in [0.25, 0.3) is 20.9 Å². The van der Waals surface area contributed by atoms with Crippen molar-refractivity contribution < 1.29 is 4.39 Å². The Hall–Kier alpha value is -1.53. The third kappa shape index (κ3) is 1.97. The molecule has 1 aromatic carbocycles. The van der Waals surface area contributed by atoms with Crippen LogP contribution in [0.3, 0.4) is 0 Å². The summed E-state index contributed by atoms with van der Waals surface area (Å²) in [6.45, 7) is 1.82. The number of thiazole rings is 1. The van der Waals surface area contributed by atoms with Gasteiger partial charge in [0.05, 0.1) is 0 Å². The highest BCUT2D eigenvalue weighted by molar-refractivity contribution is 7.80. The molecule has 90 valence electrons. The predicted molar refractivity (Wildman–Crippen MR) is 72.6 cm³/mol. The number of fused-ring (bicyclic) bond motifs is 1. The van der Waals surface area contributed by atoms with Crippen molar-refractivity contribution in [3.05, 3.63) is 35.9 Å². The average molecular weight is 277 g/mol. The molecule has 0 N–H and O–H groups in total. The van der Waals surface area contributed by atoms with Crippen LogP contribution < -0.4 is 0 Å². The largest absolute Gasteiger partial charge is 0.231 e. The first kappa shape index (κ1) is 11.6. The Balaban J connectivity index is 2.19. The van der Waals surface area contributed by atoms with Gasteiger partial charge in [-0.1, -0.05) is 11.3 Å². The molecule has 2 heterocycles. The van der Waals surface area contributed by atoms with E-state index < -0.39 is 0 Å². The molecule has 3 aromatic rings. The highest BCUT2D eigenvalue weighted by atomic mass is 32.1. The fraction of sp³-hybridized carbons (Fsp3) is 0.0833. The molecule has 3 rings (SSSR count). The van der Waals surface area contributed by atoms with E-state index >= 15 is 0 Å². The van der Waals surface area contributed by atoms with Crippen LogP contribution in [0, 0.1) is 12.7 Å². The summed E-state index contributed by atoms with van der Waals surface area (Å²) < 4.78 is 12.9. The van der Waals surface area contributed by atoms with Crippen molar-refractivity contribution in [2.24, 2.45) is 0 Å². The zero-order chi connectivity index (χ0) is 12.7. The maximum atomic E-state index is 12.9. The van der Waals surface area contributed by atoms with Crippen molar-refractivity contribution >= 4 is 34.3 Å². The minimum atomic E-state index is -0.259. The van der Waals surface area contributed by atoms with E-state index in [0.29, 0.717) is 16.4 Å². The molecule has 2 aromatic heterocycles. The molecule has 0 aliphatic rings. The van der Waals surface area contributed by atoms with Crippen molar-refractivity contribution in [3.8, 4) is 10.6 Å². The highest BCUT2D eigenvalue weighted by Gasteiger charge is 2.11. The summed E-state index contributed by atoms with van der Waals surface area (Å²) in [4.78, 5) is 13.7. The van der Waals surface area contributed by atoms with E-state index in [1.165, 1.54) is 23.5 Å². The van der Waals surface area contributed by atoms with Crippen molar-refractivity contribution in [2.45, 2.75) is 11.9 Å². The molecule has 0 radical (unpaired) electrons. The Morgan fingerprint density at radius 1 is 1.11 bits per heavy atom. The van der Waals surface area contributed by atoms with Crippen molar-refractivity contribution in [2.75, 3.05) is 0 Å². The van der Waals surface area contributed by atoms with Crippen molar-refractivity contribution in [1.82, 2.24) is 15.0 Å². The number of rotatable bonds is 1. The molecule has 0 fully saturated rings. The lowest BCUT2D eigenvalue weighted by atomic mass is 10.2. The minimum absolute atomic E-state index is 0.259. The van der Waals surface area contributed by atoms with Gasteiger partial charge in [-0.3, -0.25) is 0 Å². The molecule has 3 nitrogen and oxygen atoms in total. The van der Waals surface area contributed by atoms with Crippen LogP contribution in [0.5, 0.6) is 0 Å². The summed E-state index contributed by atoms with van der Waals surface area (Å²) in [5.41, 5.74) is 1.55. The molecule has 0 aliphatic carbocycles. The second kappa shape index (κ2) is 4.29. The summed E-state index contributed by atoms with van der Waals surface area (Å²) in [5.74, 6) is 0.409. The minimum Gasteiger partial charge on any atom is -0.231 e. The van der Waals surface area contributed by atoms with Gasteiger partial charge in [-0.05, 0) is 31.2 Å². The number of aryl methyl sites for hydroxylation is 1. The predicted octanol–water partition coefficient (Wildman–Crippen LogP) is 3.49. The van der Waals surface area contributed by atoms with Gasteiger partial charge in [-0.25, -0.2) is 19.3 Å². The van der Waals surface area contributed by atoms with Gasteiger partial charge in [-0.15, -0.1) is 12.6 Å². The second-order valence-corrected chi connectivity index (χ2v) is 5.18. The molecular weight excluding hydrogens is 269 g/mol. The first-order valence-electron chi connectivity index (χ1n) is 5.23. The first-order valence-corrected chi connectivity index (χ1v) is 6.50. The number of hydrogen-bond acceptors (Lipinski definition) is 5. The molecule has 0 saturated heterocycles. The van der Waals surface area contributed by atoms with Gasteiger partial charge in [0.15, 0.2) is 0 Å². The van der Waals surface area contributed by atoms with Gasteiger partial charge in [-0.2, -0.15) is 0 Å². The summed E-state index contributed by atoms with van der Waals surface area (Å²) in [5, 5.41) is 1.36. The number of aromatic nitrogens is 3. The maximum Gasteiger partial charge on any atom is 0.148 e. The number of thiol groups is 1. The van der Waals surface area contributed by atoms with E-state index in [-0.39, 0.29) is 5.82 Å². The molecule has 0 aliphatic heterocycles. The summed E-state index contributed by atoms with van der Waals surface area (Å²) in [7, 11) is 0. The number of halogens is 1. The SMILES string of the molecule is Cc1nc(S)c2nc(-c3ccc(F)cc3)sc2n1. The lowest BCUT2D eigenvalue weighted by Crippen LogP contribution is -1.88. The molecule has 0 amide bonds. The third-order valence-electron chi connectivity index (χ3n) is 2.44. The summed E-state index contributed by atoms with van der Waals surface area (Å²) in [6.07, 6.45) is 0. The van der Waals surface area contributed by atoms with Gasteiger partial charge in [0.25, 0.3) is 0 Å². The lowest BCUT2D eigenvalue weighted by Gasteiger charge is -1.94. The zero-order valence-electron chi connectivity index (χ0n) is 9.38. The molecule has 0 saturated carbocycles. The van der Waals surface area contributed by atoms with Gasteiger partial charge in [0.1, 0.15) is 32.0 Å². The second-order valence-electron chi connectivity index (χ2n) is 3.77. The van der Waals surface area contributed by atoms with Crippen molar-refractivity contribution in [1.29, 1.82) is 0 Å². The first-order chi connectivity index (χ1) is 8.63. The van der Waals surface area contributed by atoms with Crippen LogP contribution >= 0.6 is 24.0 Å². The van der Waals surface area contributed by atoms with Crippen molar-refractivity contribution in [3.63, 3.8) is 0 Å². The monoisotopic (exact) mass is 277 g/mol. The Bertz CT molecular complexity index is 722. The smallest absolute Gasteiger partial charge is 0.148 e. The Kier molecular flexibility index (Phi) is 2.76. The molecule has 0 spiro atoms. The maximum absolute atomic E-state index is 12.9. The highest BCUT2D eigenvalue weighted by Crippen LogP contribution is 2.31. The standard InChI is InChI=1S/C12H8FN3S2/c1-6-14-10(17)9-12(15-6)18-11(16-9)7-2-4-8(13)5-3-7/h2-5H,1H3,(H,14,15,17). The zero-order valence-corrected chi connectivity index (χ0v) is 11.1. The molecule has 0 bridgehead atoms. The van der Waals surface area contributed by atoms with Gasteiger partial charge in [0, 0.05) is 5.56 Å². The topological polar surface area (TPSA) is 38.7 Å². The van der Waals surface area contributed by atoms with Crippen LogP contribution in [-0.4, -0.2) is 15.0 Å². The van der Waals surface area contributed by atoms with E-state index in [1.807, 2.05) is 6.92 Å². The fourth-order valence-electron chi connectivity index (χ4n) is 1.63. The molecular formula is C12H8FN3S2.